The van der Waals surface area contributed by atoms with E-state index in [2.05, 4.69) is 50.9 Å². The van der Waals surface area contributed by atoms with Gasteiger partial charge in [0, 0.05) is 32.6 Å². The van der Waals surface area contributed by atoms with Gasteiger partial charge >= 0.3 is 0 Å². The number of rotatable bonds is 3. The van der Waals surface area contributed by atoms with E-state index in [1.807, 2.05) is 6.33 Å². The van der Waals surface area contributed by atoms with Crippen LogP contribution in [-0.2, 0) is 25.9 Å². The highest BCUT2D eigenvalue weighted by atomic mass is 15.3. The van der Waals surface area contributed by atoms with E-state index in [1.165, 1.54) is 11.1 Å². The molecule has 0 unspecified atom stereocenters. The smallest absolute Gasteiger partial charge is 0.134 e. The van der Waals surface area contributed by atoms with Gasteiger partial charge in [-0.3, -0.25) is 4.90 Å². The average Bonchev–Trinajstić information content (AvgIpc) is 2.82. The third-order valence-electron chi connectivity index (χ3n) is 3.84. The van der Waals surface area contributed by atoms with E-state index in [-0.39, 0.29) is 0 Å². The molecule has 4 heteroatoms. The summed E-state index contributed by atoms with van der Waals surface area (Å²) < 4.78 is 2.17. The molecule has 0 radical (unpaired) electrons. The van der Waals surface area contributed by atoms with Gasteiger partial charge in [-0.05, 0) is 17.5 Å². The number of aromatic nitrogens is 3. The van der Waals surface area contributed by atoms with Crippen molar-refractivity contribution in [2.75, 3.05) is 13.1 Å². The van der Waals surface area contributed by atoms with Crippen LogP contribution in [0.4, 0.5) is 0 Å². The molecule has 0 saturated carbocycles. The zero-order valence-electron chi connectivity index (χ0n) is 11.4. The fraction of sp³-hybridized carbons (Fsp3) is 0.467. The molecule has 2 aromatic rings. The summed E-state index contributed by atoms with van der Waals surface area (Å²) in [7, 11) is 0. The minimum Gasteiger partial charge on any atom is -0.316 e. The standard InChI is InChI=1S/C15H20N4/c1-2-13-3-5-14(6-4-13)11-18-8-7-15-17-16-12-19(15)10-9-18/h3-6,12H,2,7-11H2,1H3. The first kappa shape index (κ1) is 12.4. The van der Waals surface area contributed by atoms with Gasteiger partial charge in [0.05, 0.1) is 0 Å². The molecule has 0 bridgehead atoms. The summed E-state index contributed by atoms with van der Waals surface area (Å²) in [5.41, 5.74) is 2.81. The lowest BCUT2D eigenvalue weighted by Gasteiger charge is -2.19. The Kier molecular flexibility index (Phi) is 3.60. The van der Waals surface area contributed by atoms with Gasteiger partial charge in [0.1, 0.15) is 12.2 Å². The van der Waals surface area contributed by atoms with Crippen LogP contribution in [0.25, 0.3) is 0 Å². The van der Waals surface area contributed by atoms with Gasteiger partial charge in [0.2, 0.25) is 0 Å². The van der Waals surface area contributed by atoms with Crippen molar-refractivity contribution >= 4 is 0 Å². The van der Waals surface area contributed by atoms with Crippen molar-refractivity contribution < 1.29 is 0 Å². The number of hydrogen-bond donors (Lipinski definition) is 0. The molecule has 1 aliphatic heterocycles. The number of nitrogens with zero attached hydrogens (tertiary/aromatic N) is 4. The lowest BCUT2D eigenvalue weighted by atomic mass is 10.1. The molecular weight excluding hydrogens is 236 g/mol. The third kappa shape index (κ3) is 2.84. The first-order valence-electron chi connectivity index (χ1n) is 7.02. The highest BCUT2D eigenvalue weighted by Crippen LogP contribution is 2.11. The van der Waals surface area contributed by atoms with Crippen LogP contribution >= 0.6 is 0 Å². The van der Waals surface area contributed by atoms with Gasteiger partial charge in [0.15, 0.2) is 0 Å². The highest BCUT2D eigenvalue weighted by Gasteiger charge is 2.14. The van der Waals surface area contributed by atoms with Crippen LogP contribution in [0.15, 0.2) is 30.6 Å². The molecule has 1 aromatic carbocycles. The van der Waals surface area contributed by atoms with Crippen LogP contribution < -0.4 is 0 Å². The molecule has 1 aliphatic rings. The number of benzene rings is 1. The lowest BCUT2D eigenvalue weighted by molar-refractivity contribution is 0.271. The van der Waals surface area contributed by atoms with Crippen LogP contribution in [-0.4, -0.2) is 32.8 Å². The van der Waals surface area contributed by atoms with Crippen molar-refractivity contribution in [3.63, 3.8) is 0 Å². The van der Waals surface area contributed by atoms with Crippen LogP contribution in [0.2, 0.25) is 0 Å². The van der Waals surface area contributed by atoms with Crippen molar-refractivity contribution in [1.82, 2.24) is 19.7 Å². The molecular formula is C15H20N4. The second kappa shape index (κ2) is 5.53. The van der Waals surface area contributed by atoms with Crippen molar-refractivity contribution in [3.8, 4) is 0 Å². The SMILES string of the molecule is CCc1ccc(CN2CCc3nncn3CC2)cc1. The van der Waals surface area contributed by atoms with Crippen molar-refractivity contribution in [2.45, 2.75) is 32.9 Å². The second-order valence-corrected chi connectivity index (χ2v) is 5.14. The minimum atomic E-state index is 0.993. The predicted molar refractivity (Wildman–Crippen MR) is 74.8 cm³/mol. The van der Waals surface area contributed by atoms with Crippen LogP contribution in [0.5, 0.6) is 0 Å². The molecule has 0 atom stereocenters. The summed E-state index contributed by atoms with van der Waals surface area (Å²) in [6.45, 7) is 6.35. The molecule has 0 amide bonds. The molecule has 0 N–H and O–H groups in total. The molecule has 0 aliphatic carbocycles. The Bertz CT molecular complexity index is 507. The van der Waals surface area contributed by atoms with Gasteiger partial charge in [0.25, 0.3) is 0 Å². The minimum absolute atomic E-state index is 0.993. The van der Waals surface area contributed by atoms with Crippen LogP contribution in [0.3, 0.4) is 0 Å². The Morgan fingerprint density at radius 1 is 1.05 bits per heavy atom. The Morgan fingerprint density at radius 3 is 2.63 bits per heavy atom. The molecule has 2 heterocycles. The maximum atomic E-state index is 4.17. The molecule has 0 spiro atoms. The van der Waals surface area contributed by atoms with Crippen molar-refractivity contribution in [1.29, 1.82) is 0 Å². The first-order valence-corrected chi connectivity index (χ1v) is 7.02. The van der Waals surface area contributed by atoms with E-state index < -0.39 is 0 Å². The zero-order valence-corrected chi connectivity index (χ0v) is 11.4. The van der Waals surface area contributed by atoms with E-state index in [4.69, 9.17) is 0 Å². The predicted octanol–water partition coefficient (Wildman–Crippen LogP) is 1.90. The zero-order chi connectivity index (χ0) is 13.1. The third-order valence-corrected chi connectivity index (χ3v) is 3.84. The summed E-state index contributed by atoms with van der Waals surface area (Å²) in [6, 6.07) is 8.98. The van der Waals surface area contributed by atoms with Gasteiger partial charge in [-0.15, -0.1) is 10.2 Å². The van der Waals surface area contributed by atoms with Gasteiger partial charge in [-0.1, -0.05) is 31.2 Å². The summed E-state index contributed by atoms with van der Waals surface area (Å²) in [4.78, 5) is 2.50. The van der Waals surface area contributed by atoms with Gasteiger partial charge in [-0.25, -0.2) is 0 Å². The molecule has 100 valence electrons. The monoisotopic (exact) mass is 256 g/mol. The Labute approximate surface area is 114 Å². The topological polar surface area (TPSA) is 34.0 Å². The molecule has 4 nitrogen and oxygen atoms in total. The molecule has 1 aromatic heterocycles. The van der Waals surface area contributed by atoms with Gasteiger partial charge in [-0.2, -0.15) is 0 Å². The van der Waals surface area contributed by atoms with E-state index in [1.54, 1.807) is 0 Å². The Morgan fingerprint density at radius 2 is 1.84 bits per heavy atom. The molecule has 19 heavy (non-hydrogen) atoms. The largest absolute Gasteiger partial charge is 0.316 e. The van der Waals surface area contributed by atoms with Crippen molar-refractivity contribution in [2.24, 2.45) is 0 Å². The Hall–Kier alpha value is -1.68. The highest BCUT2D eigenvalue weighted by molar-refractivity contribution is 5.22. The first-order chi connectivity index (χ1) is 9.35. The number of aryl methyl sites for hydroxylation is 1. The fourth-order valence-electron chi connectivity index (χ4n) is 2.58. The Balaban J connectivity index is 1.62. The van der Waals surface area contributed by atoms with E-state index in [0.717, 1.165) is 44.8 Å². The van der Waals surface area contributed by atoms with Crippen LogP contribution in [0, 0.1) is 0 Å². The maximum Gasteiger partial charge on any atom is 0.134 e. The van der Waals surface area contributed by atoms with E-state index in [9.17, 15) is 0 Å². The average molecular weight is 256 g/mol. The summed E-state index contributed by atoms with van der Waals surface area (Å²) in [5.74, 6) is 1.11. The maximum absolute atomic E-state index is 4.17. The van der Waals surface area contributed by atoms with Gasteiger partial charge < -0.3 is 4.57 Å². The van der Waals surface area contributed by atoms with E-state index in [0.29, 0.717) is 0 Å². The van der Waals surface area contributed by atoms with Crippen LogP contribution in [0.1, 0.15) is 23.9 Å². The number of hydrogen-bond acceptors (Lipinski definition) is 3. The quantitative estimate of drug-likeness (QED) is 0.841. The summed E-state index contributed by atoms with van der Waals surface area (Å²) in [5, 5.41) is 8.14. The summed E-state index contributed by atoms with van der Waals surface area (Å²) >= 11 is 0. The second-order valence-electron chi connectivity index (χ2n) is 5.14. The molecule has 3 rings (SSSR count). The fourth-order valence-corrected chi connectivity index (χ4v) is 2.58. The normalized spacial score (nSPS) is 16.1. The molecule has 0 fully saturated rings. The van der Waals surface area contributed by atoms with Crippen molar-refractivity contribution in [3.05, 3.63) is 47.5 Å². The lowest BCUT2D eigenvalue weighted by Crippen LogP contribution is -2.26. The molecule has 0 saturated heterocycles. The van der Waals surface area contributed by atoms with E-state index >= 15 is 0 Å². The number of fused-ring (bicyclic) bond motifs is 1. The summed E-state index contributed by atoms with van der Waals surface area (Å²) in [6.07, 6.45) is 3.94.